The van der Waals surface area contributed by atoms with Crippen LogP contribution in [0.25, 0.3) is 32.3 Å². The number of nitrogens with zero attached hydrogens (tertiary/aromatic N) is 2. The van der Waals surface area contributed by atoms with Gasteiger partial charge in [0.1, 0.15) is 23.3 Å². The number of rotatable bonds is 24. The Bertz CT molecular complexity index is 2300. The number of hydrogen-bond acceptors (Lipinski definition) is 4. The lowest BCUT2D eigenvalue weighted by Crippen LogP contribution is -2.34. The zero-order valence-corrected chi connectivity index (χ0v) is 40.9. The summed E-state index contributed by atoms with van der Waals surface area (Å²) in [5, 5.41) is 0. The van der Waals surface area contributed by atoms with E-state index in [1.54, 1.807) is 34.1 Å². The molecule has 0 saturated carbocycles. The minimum atomic E-state index is -0.640. The van der Waals surface area contributed by atoms with Crippen molar-refractivity contribution in [2.45, 2.75) is 145 Å². The first-order chi connectivity index (χ1) is 30.8. The van der Waals surface area contributed by atoms with E-state index in [-0.39, 0.29) is 45.9 Å². The number of aryl methyl sites for hydroxylation is 2. The van der Waals surface area contributed by atoms with Crippen molar-refractivity contribution in [2.24, 2.45) is 23.7 Å². The third kappa shape index (κ3) is 10.8. The highest BCUT2D eigenvalue weighted by molar-refractivity contribution is 7.17. The molecule has 4 aromatic rings. The highest BCUT2D eigenvalue weighted by atomic mass is 32.1. The van der Waals surface area contributed by atoms with E-state index in [0.717, 1.165) is 77.0 Å². The van der Waals surface area contributed by atoms with Crippen LogP contribution >= 0.6 is 22.7 Å². The summed E-state index contributed by atoms with van der Waals surface area (Å²) in [6, 6.07) is 12.6. The van der Waals surface area contributed by atoms with Crippen LogP contribution in [0.3, 0.4) is 0 Å². The molecule has 0 fully saturated rings. The molecule has 0 spiro atoms. The number of fused-ring (bicyclic) bond motifs is 1. The molecule has 10 heteroatoms. The van der Waals surface area contributed by atoms with Crippen molar-refractivity contribution < 1.29 is 27.2 Å². The number of halogens is 4. The SMILES string of the molecule is CCCCC(CC)CCc1cc(F)c(-c2ccc(C3=C4C(=O)N(CC(CC)CCCC)C(c5ccc(-c6c(F)cc(CCC(C)CC)cc6F)s5)=C4C(=O)N3CC(C)CC)s2)c(F)c1. The molecule has 0 N–H and O–H groups in total. The third-order valence-corrected chi connectivity index (χ3v) is 16.0. The molecule has 0 saturated heterocycles. The number of hydrogen-bond donors (Lipinski definition) is 0. The maximum atomic E-state index is 16.0. The Morgan fingerprint density at radius 3 is 1.33 bits per heavy atom. The van der Waals surface area contributed by atoms with Gasteiger partial charge in [0.2, 0.25) is 0 Å². The van der Waals surface area contributed by atoms with Crippen molar-refractivity contribution in [1.29, 1.82) is 0 Å². The summed E-state index contributed by atoms with van der Waals surface area (Å²) < 4.78 is 63.8. The Kier molecular flexibility index (Phi) is 17.3. The molecule has 4 atom stereocenters. The van der Waals surface area contributed by atoms with Crippen LogP contribution in [0.15, 0.2) is 59.7 Å². The van der Waals surface area contributed by atoms with E-state index in [1.165, 1.54) is 46.9 Å². The average molecular weight is 917 g/mol. The van der Waals surface area contributed by atoms with E-state index >= 15 is 27.2 Å². The Balaban J connectivity index is 1.44. The maximum Gasteiger partial charge on any atom is 0.261 e. The third-order valence-electron chi connectivity index (χ3n) is 13.7. The molecule has 0 aliphatic carbocycles. The first kappa shape index (κ1) is 49.4. The number of unbranched alkanes of at least 4 members (excludes halogenated alkanes) is 2. The number of carbonyl (C=O) groups excluding carboxylic acids is 2. The normalized spacial score (nSPS) is 16.1. The van der Waals surface area contributed by atoms with Crippen LogP contribution in [0.4, 0.5) is 17.6 Å². The number of benzene rings is 2. The second-order valence-electron chi connectivity index (χ2n) is 18.4. The van der Waals surface area contributed by atoms with Crippen molar-refractivity contribution in [3.05, 3.63) is 104 Å². The summed E-state index contributed by atoms with van der Waals surface area (Å²) >= 11 is 2.35. The van der Waals surface area contributed by atoms with Gasteiger partial charge < -0.3 is 9.80 Å². The van der Waals surface area contributed by atoms with E-state index < -0.39 is 23.3 Å². The number of carbonyl (C=O) groups is 2. The second-order valence-corrected chi connectivity index (χ2v) is 20.6. The molecule has 0 radical (unpaired) electrons. The molecular weight excluding hydrogens is 849 g/mol. The van der Waals surface area contributed by atoms with E-state index in [1.807, 2.05) is 6.92 Å². The fraction of sp³-hybridized carbons (Fsp3) is 0.519. The van der Waals surface area contributed by atoms with E-state index in [9.17, 15) is 0 Å². The Hall–Kier alpha value is -4.02. The highest BCUT2D eigenvalue weighted by Gasteiger charge is 2.50. The van der Waals surface area contributed by atoms with Gasteiger partial charge in [-0.1, -0.05) is 113 Å². The van der Waals surface area contributed by atoms with Crippen molar-refractivity contribution in [3.63, 3.8) is 0 Å². The monoisotopic (exact) mass is 916 g/mol. The van der Waals surface area contributed by atoms with E-state index in [0.29, 0.717) is 79.8 Å². The molecule has 0 bridgehead atoms. The molecular formula is C54H68F4N2O2S2. The standard InChI is InChI=1S/C54H68F4N2O2S2/c1-9-15-17-35(13-5)21-22-38-29-41(57)48(42(58)30-38)43-23-25-45(63-43)51-49-50(53(61)59(51)31-34(8)12-4)52(60(54(49)62)32-36(14-6)18-16-10-2)46-26-24-44(64-46)47-39(55)27-37(28-40(47)56)20-19-33(7)11-3/h23-30,33-36H,9-22,31-32H2,1-8H3. The van der Waals surface area contributed by atoms with Crippen molar-refractivity contribution in [1.82, 2.24) is 9.80 Å². The molecule has 4 heterocycles. The van der Waals surface area contributed by atoms with Gasteiger partial charge in [-0.3, -0.25) is 9.59 Å². The fourth-order valence-corrected chi connectivity index (χ4v) is 11.3. The summed E-state index contributed by atoms with van der Waals surface area (Å²) in [6.45, 7) is 17.6. The smallest absolute Gasteiger partial charge is 0.261 e. The van der Waals surface area contributed by atoms with E-state index in [4.69, 9.17) is 0 Å². The maximum absolute atomic E-state index is 16.0. The lowest BCUT2D eigenvalue weighted by Gasteiger charge is -2.28. The molecule has 2 aromatic carbocycles. The van der Waals surface area contributed by atoms with Crippen LogP contribution in [0.1, 0.15) is 153 Å². The summed E-state index contributed by atoms with van der Waals surface area (Å²) in [6.07, 6.45) is 12.8. The van der Waals surface area contributed by atoms with Crippen LogP contribution < -0.4 is 0 Å². The zero-order valence-electron chi connectivity index (χ0n) is 39.3. The summed E-state index contributed by atoms with van der Waals surface area (Å²) in [5.74, 6) is -1.99. The van der Waals surface area contributed by atoms with Crippen LogP contribution in [-0.2, 0) is 22.4 Å². The summed E-state index contributed by atoms with van der Waals surface area (Å²) in [5.41, 5.74) is 2.45. The molecule has 2 aliphatic rings. The van der Waals surface area contributed by atoms with Crippen molar-refractivity contribution in [2.75, 3.05) is 13.1 Å². The topological polar surface area (TPSA) is 40.6 Å². The fourth-order valence-electron chi connectivity index (χ4n) is 9.12. The first-order valence-corrected chi connectivity index (χ1v) is 25.7. The van der Waals surface area contributed by atoms with Crippen LogP contribution in [0.5, 0.6) is 0 Å². The Morgan fingerprint density at radius 1 is 0.500 bits per heavy atom. The van der Waals surface area contributed by atoms with Gasteiger partial charge in [-0.15, -0.1) is 22.7 Å². The second kappa shape index (κ2) is 22.4. The number of thiophene rings is 2. The van der Waals surface area contributed by atoms with Crippen LogP contribution in [-0.4, -0.2) is 34.7 Å². The molecule has 2 aliphatic heterocycles. The van der Waals surface area contributed by atoms with Gasteiger partial charge in [0.05, 0.1) is 43.4 Å². The molecule has 2 aromatic heterocycles. The lowest BCUT2D eigenvalue weighted by molar-refractivity contribution is -0.124. The molecule has 6 rings (SSSR count). The average Bonchev–Trinajstić information content (AvgIpc) is 4.06. The predicted molar refractivity (Wildman–Crippen MR) is 259 cm³/mol. The van der Waals surface area contributed by atoms with Gasteiger partial charge >= 0.3 is 0 Å². The van der Waals surface area contributed by atoms with Gasteiger partial charge in [-0.25, -0.2) is 17.6 Å². The zero-order chi connectivity index (χ0) is 46.2. The molecule has 4 nitrogen and oxygen atoms in total. The highest BCUT2D eigenvalue weighted by Crippen LogP contribution is 2.51. The quantitative estimate of drug-likeness (QED) is 0.0657. The minimum Gasteiger partial charge on any atom is -0.306 e. The number of amides is 2. The largest absolute Gasteiger partial charge is 0.306 e. The minimum absolute atomic E-state index is 0.0794. The van der Waals surface area contributed by atoms with Gasteiger partial charge in [-0.05, 0) is 115 Å². The lowest BCUT2D eigenvalue weighted by atomic mass is 9.92. The van der Waals surface area contributed by atoms with Gasteiger partial charge in [0, 0.05) is 22.8 Å². The van der Waals surface area contributed by atoms with Crippen molar-refractivity contribution >= 4 is 45.9 Å². The van der Waals surface area contributed by atoms with Crippen LogP contribution in [0.2, 0.25) is 0 Å². The summed E-state index contributed by atoms with van der Waals surface area (Å²) in [7, 11) is 0. The predicted octanol–water partition coefficient (Wildman–Crippen LogP) is 15.9. The van der Waals surface area contributed by atoms with Gasteiger partial charge in [0.25, 0.3) is 11.8 Å². The Morgan fingerprint density at radius 2 is 0.906 bits per heavy atom. The summed E-state index contributed by atoms with van der Waals surface area (Å²) in [4.78, 5) is 35.4. The van der Waals surface area contributed by atoms with Gasteiger partial charge in [-0.2, -0.15) is 0 Å². The van der Waals surface area contributed by atoms with Crippen LogP contribution in [0, 0.1) is 46.9 Å². The van der Waals surface area contributed by atoms with Gasteiger partial charge in [0.15, 0.2) is 0 Å². The van der Waals surface area contributed by atoms with E-state index in [2.05, 4.69) is 48.5 Å². The van der Waals surface area contributed by atoms with Crippen molar-refractivity contribution in [3.8, 4) is 20.9 Å². The first-order valence-electron chi connectivity index (χ1n) is 24.1. The molecule has 2 amide bonds. The molecule has 346 valence electrons. The molecule has 64 heavy (non-hydrogen) atoms. The Labute approximate surface area is 387 Å². The molecule has 4 unspecified atom stereocenters.